The van der Waals surface area contributed by atoms with Crippen LogP contribution in [-0.2, 0) is 4.74 Å². The monoisotopic (exact) mass is 348 g/mol. The molecule has 0 aromatic carbocycles. The van der Waals surface area contributed by atoms with Crippen molar-refractivity contribution in [2.75, 3.05) is 13.2 Å². The molecule has 1 saturated heterocycles. The van der Waals surface area contributed by atoms with Gasteiger partial charge in [-0.25, -0.2) is 4.98 Å². The van der Waals surface area contributed by atoms with Gasteiger partial charge in [0.05, 0.1) is 11.7 Å². The average molecular weight is 350 g/mol. The van der Waals surface area contributed by atoms with Crippen LogP contribution in [0, 0.1) is 0 Å². The summed E-state index contributed by atoms with van der Waals surface area (Å²) in [6.45, 7) is 2.40. The Bertz CT molecular complexity index is 500. The van der Waals surface area contributed by atoms with Gasteiger partial charge in [0.25, 0.3) is 5.91 Å². The molecule has 2 rings (SSSR count). The van der Waals surface area contributed by atoms with E-state index in [4.69, 9.17) is 16.3 Å². The van der Waals surface area contributed by atoms with Gasteiger partial charge in [-0.1, -0.05) is 11.6 Å². The van der Waals surface area contributed by atoms with Gasteiger partial charge in [-0.3, -0.25) is 4.79 Å². The lowest BCUT2D eigenvalue weighted by molar-refractivity contribution is -0.0251. The highest BCUT2D eigenvalue weighted by Gasteiger charge is 2.39. The molecule has 0 spiro atoms. The fourth-order valence-electron chi connectivity index (χ4n) is 1.91. The van der Waals surface area contributed by atoms with Crippen LogP contribution in [0.2, 0.25) is 5.15 Å². The summed E-state index contributed by atoms with van der Waals surface area (Å²) in [5.74, 6) is -0.369. The first-order chi connectivity index (χ1) is 8.92. The van der Waals surface area contributed by atoms with Gasteiger partial charge in [0.1, 0.15) is 10.8 Å². The zero-order chi connectivity index (χ0) is 14.0. The van der Waals surface area contributed by atoms with Gasteiger partial charge in [0.15, 0.2) is 0 Å². The zero-order valence-corrected chi connectivity index (χ0v) is 12.7. The number of amides is 1. The van der Waals surface area contributed by atoms with Crippen LogP contribution in [-0.4, -0.2) is 40.9 Å². The number of halogens is 2. The molecule has 0 saturated carbocycles. The van der Waals surface area contributed by atoms with Gasteiger partial charge in [0, 0.05) is 30.2 Å². The van der Waals surface area contributed by atoms with Crippen LogP contribution in [0.25, 0.3) is 0 Å². The lowest BCUT2D eigenvalue weighted by Crippen LogP contribution is -2.47. The second-order valence-corrected chi connectivity index (χ2v) is 5.81. The third-order valence-corrected chi connectivity index (χ3v) is 4.00. The largest absolute Gasteiger partial charge is 0.385 e. The van der Waals surface area contributed by atoms with Gasteiger partial charge >= 0.3 is 0 Å². The maximum absolute atomic E-state index is 12.0. The Balaban J connectivity index is 2.03. The van der Waals surface area contributed by atoms with Crippen LogP contribution >= 0.6 is 27.5 Å². The van der Waals surface area contributed by atoms with E-state index in [1.54, 1.807) is 13.0 Å². The van der Waals surface area contributed by atoms with E-state index in [9.17, 15) is 9.90 Å². The number of pyridine rings is 1. The Morgan fingerprint density at radius 2 is 2.53 bits per heavy atom. The molecule has 1 aliphatic heterocycles. The summed E-state index contributed by atoms with van der Waals surface area (Å²) in [6.07, 6.45) is 1.71. The molecule has 1 fully saturated rings. The molecular formula is C12H14BrClN2O3. The maximum atomic E-state index is 12.0. The molecular weight excluding hydrogens is 336 g/mol. The molecule has 0 aliphatic carbocycles. The van der Waals surface area contributed by atoms with E-state index < -0.39 is 5.60 Å². The molecule has 1 amide bonds. The second-order valence-electron chi connectivity index (χ2n) is 4.54. The molecule has 2 N–H and O–H groups in total. The number of carbonyl (C=O) groups is 1. The van der Waals surface area contributed by atoms with E-state index >= 15 is 0 Å². The fraction of sp³-hybridized carbons (Fsp3) is 0.500. The molecule has 2 heterocycles. The van der Waals surface area contributed by atoms with E-state index in [0.29, 0.717) is 17.5 Å². The molecule has 19 heavy (non-hydrogen) atoms. The van der Waals surface area contributed by atoms with Gasteiger partial charge in [-0.2, -0.15) is 0 Å². The maximum Gasteiger partial charge on any atom is 0.254 e. The smallest absolute Gasteiger partial charge is 0.254 e. The number of ether oxygens (including phenoxy) is 1. The molecule has 1 aromatic rings. The van der Waals surface area contributed by atoms with Gasteiger partial charge < -0.3 is 15.2 Å². The van der Waals surface area contributed by atoms with Gasteiger partial charge in [0.2, 0.25) is 0 Å². The quantitative estimate of drug-likeness (QED) is 0.816. The van der Waals surface area contributed by atoms with Crippen LogP contribution in [0.15, 0.2) is 16.7 Å². The number of rotatable bonds is 3. The summed E-state index contributed by atoms with van der Waals surface area (Å²) in [7, 11) is 0. The summed E-state index contributed by atoms with van der Waals surface area (Å²) in [5, 5.41) is 13.1. The van der Waals surface area contributed by atoms with Crippen LogP contribution < -0.4 is 5.32 Å². The third-order valence-electron chi connectivity index (χ3n) is 3.26. The van der Waals surface area contributed by atoms with Crippen molar-refractivity contribution in [3.8, 4) is 0 Å². The summed E-state index contributed by atoms with van der Waals surface area (Å²) >= 11 is 9.10. The van der Waals surface area contributed by atoms with E-state index in [-0.39, 0.29) is 29.3 Å². The highest BCUT2D eigenvalue weighted by atomic mass is 79.9. The molecule has 7 heteroatoms. The third kappa shape index (κ3) is 3.25. The lowest BCUT2D eigenvalue weighted by atomic mass is 9.96. The van der Waals surface area contributed by atoms with Crippen LogP contribution in [0.3, 0.4) is 0 Å². The molecule has 2 atom stereocenters. The van der Waals surface area contributed by atoms with E-state index in [2.05, 4.69) is 26.2 Å². The first-order valence-corrected chi connectivity index (χ1v) is 7.03. The summed E-state index contributed by atoms with van der Waals surface area (Å²) < 4.78 is 5.97. The van der Waals surface area contributed by atoms with E-state index in [1.807, 2.05) is 0 Å². The van der Waals surface area contributed by atoms with Crippen molar-refractivity contribution in [3.05, 3.63) is 27.5 Å². The zero-order valence-electron chi connectivity index (χ0n) is 10.3. The number of hydrogen-bond donors (Lipinski definition) is 2. The van der Waals surface area contributed by atoms with Crippen molar-refractivity contribution in [3.63, 3.8) is 0 Å². The number of aromatic nitrogens is 1. The molecule has 0 radical (unpaired) electrons. The van der Waals surface area contributed by atoms with Crippen molar-refractivity contribution in [1.29, 1.82) is 0 Å². The molecule has 1 aromatic heterocycles. The second kappa shape index (κ2) is 5.75. The highest BCUT2D eigenvalue weighted by molar-refractivity contribution is 9.10. The topological polar surface area (TPSA) is 71.5 Å². The Morgan fingerprint density at radius 1 is 1.79 bits per heavy atom. The van der Waals surface area contributed by atoms with Crippen molar-refractivity contribution in [1.82, 2.24) is 10.3 Å². The Kier molecular flexibility index (Phi) is 4.45. The Hall–Kier alpha value is -0.690. The summed E-state index contributed by atoms with van der Waals surface area (Å²) in [4.78, 5) is 15.9. The van der Waals surface area contributed by atoms with Crippen molar-refractivity contribution >= 4 is 33.4 Å². The van der Waals surface area contributed by atoms with Crippen LogP contribution in [0.1, 0.15) is 23.7 Å². The number of hydrogen-bond acceptors (Lipinski definition) is 4. The number of nitrogens with zero attached hydrogens (tertiary/aromatic N) is 1. The first-order valence-electron chi connectivity index (χ1n) is 5.85. The van der Waals surface area contributed by atoms with Gasteiger partial charge in [-0.05, 0) is 28.9 Å². The molecule has 5 nitrogen and oxygen atoms in total. The minimum Gasteiger partial charge on any atom is -0.385 e. The summed E-state index contributed by atoms with van der Waals surface area (Å²) in [5.41, 5.74) is -0.757. The number of aliphatic hydroxyl groups is 1. The number of nitrogens with one attached hydrogen (secondary N) is 1. The van der Waals surface area contributed by atoms with Crippen molar-refractivity contribution < 1.29 is 14.6 Å². The Labute approximate surface area is 124 Å². The van der Waals surface area contributed by atoms with Crippen molar-refractivity contribution in [2.24, 2.45) is 0 Å². The highest BCUT2D eigenvalue weighted by Crippen LogP contribution is 2.25. The predicted octanol–water partition coefficient (Wildman–Crippen LogP) is 1.77. The summed E-state index contributed by atoms with van der Waals surface area (Å²) in [6, 6.07) is 1.59. The Morgan fingerprint density at radius 3 is 3.16 bits per heavy atom. The molecule has 1 aliphatic rings. The van der Waals surface area contributed by atoms with Gasteiger partial charge in [-0.15, -0.1) is 0 Å². The standard InChI is InChI=1S/C12H14BrClN2O3/c1-7-12(18,2-3-19-7)6-16-11(17)9-4-8(13)5-15-10(9)14/h4-5,7,18H,2-3,6H2,1H3,(H,16,17). The fourth-order valence-corrected chi connectivity index (χ4v) is 2.43. The predicted molar refractivity (Wildman–Crippen MR) is 74.3 cm³/mol. The lowest BCUT2D eigenvalue weighted by Gasteiger charge is -2.26. The van der Waals surface area contributed by atoms with Crippen LogP contribution in [0.4, 0.5) is 0 Å². The first kappa shape index (κ1) is 14.7. The van der Waals surface area contributed by atoms with E-state index in [0.717, 1.165) is 0 Å². The molecule has 104 valence electrons. The minimum absolute atomic E-state index is 0.121. The minimum atomic E-state index is -1.03. The van der Waals surface area contributed by atoms with E-state index in [1.165, 1.54) is 6.20 Å². The average Bonchev–Trinajstić information content (AvgIpc) is 2.70. The SMILES string of the molecule is CC1OCCC1(O)CNC(=O)c1cc(Br)cnc1Cl. The van der Waals surface area contributed by atoms with Crippen molar-refractivity contribution in [2.45, 2.75) is 25.0 Å². The number of carbonyl (C=O) groups excluding carboxylic acids is 1. The normalized spacial score (nSPS) is 26.4. The molecule has 2 unspecified atom stereocenters. The molecule has 0 bridgehead atoms. The van der Waals surface area contributed by atoms with Crippen LogP contribution in [0.5, 0.6) is 0 Å².